The van der Waals surface area contributed by atoms with Crippen molar-refractivity contribution in [2.75, 3.05) is 0 Å². The largest absolute Gasteiger partial charge is 0.457 e. The molecule has 116 valence electrons. The number of nitrogens with zero attached hydrogens (tertiary/aromatic N) is 1. The lowest BCUT2D eigenvalue weighted by Gasteiger charge is -2.06. The SMILES string of the molecule is I.NC(N)=NCc1cccc(C(=O)OCc2ccccc2)c1. The molecule has 0 fully saturated rings. The van der Waals surface area contributed by atoms with Crippen molar-refractivity contribution in [3.05, 3.63) is 71.3 Å². The van der Waals surface area contributed by atoms with E-state index in [4.69, 9.17) is 16.2 Å². The fourth-order valence-electron chi connectivity index (χ4n) is 1.79. The highest BCUT2D eigenvalue weighted by Crippen LogP contribution is 2.10. The summed E-state index contributed by atoms with van der Waals surface area (Å²) in [6.45, 7) is 0.583. The van der Waals surface area contributed by atoms with Gasteiger partial charge < -0.3 is 16.2 Å². The summed E-state index contributed by atoms with van der Waals surface area (Å²) >= 11 is 0. The lowest BCUT2D eigenvalue weighted by atomic mass is 10.1. The number of ether oxygens (including phenoxy) is 1. The maximum absolute atomic E-state index is 12.0. The number of esters is 1. The minimum atomic E-state index is -0.370. The second-order valence-corrected chi connectivity index (χ2v) is 4.50. The fraction of sp³-hybridized carbons (Fsp3) is 0.125. The molecule has 0 aliphatic heterocycles. The standard InChI is InChI=1S/C16H17N3O2.HI/c17-16(18)19-10-13-7-4-8-14(9-13)15(20)21-11-12-5-2-1-3-6-12;/h1-9H,10-11H2,(H4,17,18,19);1H. The van der Waals surface area contributed by atoms with Gasteiger partial charge in [-0.2, -0.15) is 0 Å². The van der Waals surface area contributed by atoms with Crippen LogP contribution in [0.1, 0.15) is 21.5 Å². The first-order chi connectivity index (χ1) is 10.1. The first kappa shape index (κ1) is 18.0. The molecule has 2 aromatic carbocycles. The minimum absolute atomic E-state index is 0. The van der Waals surface area contributed by atoms with E-state index in [0.29, 0.717) is 12.1 Å². The molecule has 0 aromatic heterocycles. The Balaban J connectivity index is 0.00000242. The van der Waals surface area contributed by atoms with E-state index in [-0.39, 0.29) is 42.5 Å². The van der Waals surface area contributed by atoms with Gasteiger partial charge in [0.25, 0.3) is 0 Å². The molecule has 0 aliphatic carbocycles. The van der Waals surface area contributed by atoms with Crippen molar-refractivity contribution in [3.8, 4) is 0 Å². The van der Waals surface area contributed by atoms with Crippen LogP contribution in [-0.2, 0) is 17.9 Å². The molecule has 0 spiro atoms. The Bertz CT molecular complexity index is 641. The van der Waals surface area contributed by atoms with Crippen LogP contribution in [0.4, 0.5) is 0 Å². The Hall–Kier alpha value is -2.09. The number of benzene rings is 2. The molecular formula is C16H18IN3O2. The van der Waals surface area contributed by atoms with Gasteiger partial charge in [0.1, 0.15) is 6.61 Å². The molecule has 4 N–H and O–H groups in total. The van der Waals surface area contributed by atoms with Gasteiger partial charge >= 0.3 is 5.97 Å². The zero-order valence-corrected chi connectivity index (χ0v) is 14.3. The number of aliphatic imine (C=N–C) groups is 1. The lowest BCUT2D eigenvalue weighted by Crippen LogP contribution is -2.22. The molecular weight excluding hydrogens is 393 g/mol. The molecule has 2 aromatic rings. The first-order valence-electron chi connectivity index (χ1n) is 6.50. The van der Waals surface area contributed by atoms with E-state index >= 15 is 0 Å². The summed E-state index contributed by atoms with van der Waals surface area (Å²) < 4.78 is 5.27. The van der Waals surface area contributed by atoms with Crippen molar-refractivity contribution in [1.82, 2.24) is 0 Å². The molecule has 6 heteroatoms. The fourth-order valence-corrected chi connectivity index (χ4v) is 1.79. The van der Waals surface area contributed by atoms with E-state index in [1.54, 1.807) is 18.2 Å². The van der Waals surface area contributed by atoms with Crippen molar-refractivity contribution in [2.45, 2.75) is 13.2 Å². The topological polar surface area (TPSA) is 90.7 Å². The highest BCUT2D eigenvalue weighted by Gasteiger charge is 2.08. The van der Waals surface area contributed by atoms with Crippen LogP contribution in [0.3, 0.4) is 0 Å². The third-order valence-corrected chi connectivity index (χ3v) is 2.82. The molecule has 22 heavy (non-hydrogen) atoms. The van der Waals surface area contributed by atoms with Crippen LogP contribution in [0.25, 0.3) is 0 Å². The summed E-state index contributed by atoms with van der Waals surface area (Å²) in [6, 6.07) is 16.6. The van der Waals surface area contributed by atoms with Gasteiger partial charge in [-0.25, -0.2) is 9.79 Å². The van der Waals surface area contributed by atoms with Gasteiger partial charge in [-0.3, -0.25) is 0 Å². The van der Waals surface area contributed by atoms with Gasteiger partial charge in [-0.15, -0.1) is 24.0 Å². The number of guanidine groups is 1. The third-order valence-electron chi connectivity index (χ3n) is 2.82. The Labute approximate surface area is 146 Å². The second-order valence-electron chi connectivity index (χ2n) is 4.50. The molecule has 0 bridgehead atoms. The summed E-state index contributed by atoms with van der Waals surface area (Å²) in [5.74, 6) is -0.350. The van der Waals surface area contributed by atoms with Crippen LogP contribution >= 0.6 is 24.0 Å². The average Bonchev–Trinajstić information content (AvgIpc) is 2.52. The summed E-state index contributed by atoms with van der Waals surface area (Å²) in [6.07, 6.45) is 0. The van der Waals surface area contributed by atoms with Gasteiger partial charge in [0.05, 0.1) is 12.1 Å². The summed E-state index contributed by atoms with van der Waals surface area (Å²) in [5.41, 5.74) is 12.8. The van der Waals surface area contributed by atoms with Crippen LogP contribution in [-0.4, -0.2) is 11.9 Å². The summed E-state index contributed by atoms with van der Waals surface area (Å²) in [5, 5.41) is 0. The van der Waals surface area contributed by atoms with Crippen molar-refractivity contribution in [1.29, 1.82) is 0 Å². The number of nitrogens with two attached hydrogens (primary N) is 2. The smallest absolute Gasteiger partial charge is 0.338 e. The van der Waals surface area contributed by atoms with E-state index in [1.165, 1.54) is 0 Å². The number of hydrogen-bond donors (Lipinski definition) is 2. The van der Waals surface area contributed by atoms with Crippen LogP contribution in [0.5, 0.6) is 0 Å². The Kier molecular flexibility index (Phi) is 7.38. The molecule has 0 saturated heterocycles. The molecule has 5 nitrogen and oxygen atoms in total. The first-order valence-corrected chi connectivity index (χ1v) is 6.50. The molecule has 0 saturated carbocycles. The van der Waals surface area contributed by atoms with E-state index in [1.807, 2.05) is 36.4 Å². The molecule has 2 rings (SSSR count). The quantitative estimate of drug-likeness (QED) is 0.342. The molecule has 0 amide bonds. The van der Waals surface area contributed by atoms with Crippen LogP contribution in [0.2, 0.25) is 0 Å². The van der Waals surface area contributed by atoms with E-state index < -0.39 is 0 Å². The second kappa shape index (κ2) is 9.04. The molecule has 0 atom stereocenters. The predicted octanol–water partition coefficient (Wildman–Crippen LogP) is 2.44. The Morgan fingerprint density at radius 1 is 1.00 bits per heavy atom. The van der Waals surface area contributed by atoms with E-state index in [9.17, 15) is 4.79 Å². The van der Waals surface area contributed by atoms with Crippen molar-refractivity contribution < 1.29 is 9.53 Å². The third kappa shape index (κ3) is 5.72. The number of carbonyl (C=O) groups excluding carboxylic acids is 1. The van der Waals surface area contributed by atoms with Crippen LogP contribution in [0, 0.1) is 0 Å². The highest BCUT2D eigenvalue weighted by molar-refractivity contribution is 14.0. The van der Waals surface area contributed by atoms with Crippen LogP contribution < -0.4 is 11.5 Å². The highest BCUT2D eigenvalue weighted by atomic mass is 127. The molecule has 0 unspecified atom stereocenters. The van der Waals surface area contributed by atoms with Crippen molar-refractivity contribution >= 4 is 35.9 Å². The van der Waals surface area contributed by atoms with E-state index in [0.717, 1.165) is 11.1 Å². The van der Waals surface area contributed by atoms with Gasteiger partial charge in [0, 0.05) is 0 Å². The van der Waals surface area contributed by atoms with Gasteiger partial charge in [0.15, 0.2) is 5.96 Å². The van der Waals surface area contributed by atoms with Crippen molar-refractivity contribution in [3.63, 3.8) is 0 Å². The van der Waals surface area contributed by atoms with Gasteiger partial charge in [0.2, 0.25) is 0 Å². The molecule has 0 heterocycles. The Morgan fingerprint density at radius 3 is 2.36 bits per heavy atom. The number of rotatable bonds is 5. The maximum Gasteiger partial charge on any atom is 0.338 e. The summed E-state index contributed by atoms with van der Waals surface area (Å²) in [4.78, 5) is 15.9. The number of hydrogen-bond acceptors (Lipinski definition) is 3. The summed E-state index contributed by atoms with van der Waals surface area (Å²) in [7, 11) is 0. The number of halogens is 1. The lowest BCUT2D eigenvalue weighted by molar-refractivity contribution is 0.0472. The van der Waals surface area contributed by atoms with Crippen LogP contribution in [0.15, 0.2) is 59.6 Å². The van der Waals surface area contributed by atoms with Gasteiger partial charge in [-0.1, -0.05) is 42.5 Å². The monoisotopic (exact) mass is 411 g/mol. The Morgan fingerprint density at radius 2 is 1.68 bits per heavy atom. The predicted molar refractivity (Wildman–Crippen MR) is 96.9 cm³/mol. The zero-order valence-electron chi connectivity index (χ0n) is 11.9. The minimum Gasteiger partial charge on any atom is -0.457 e. The maximum atomic E-state index is 12.0. The van der Waals surface area contributed by atoms with Crippen molar-refractivity contribution in [2.24, 2.45) is 16.5 Å². The zero-order chi connectivity index (χ0) is 15.1. The molecule has 0 radical (unpaired) electrons. The molecule has 0 aliphatic rings. The van der Waals surface area contributed by atoms with E-state index in [2.05, 4.69) is 4.99 Å². The normalized spacial score (nSPS) is 9.45. The number of carbonyl (C=O) groups is 1. The average molecular weight is 411 g/mol. The van der Waals surface area contributed by atoms with Gasteiger partial charge in [-0.05, 0) is 23.3 Å².